The maximum absolute atomic E-state index is 11.1. The van der Waals surface area contributed by atoms with Crippen molar-refractivity contribution >= 4 is 5.97 Å². The Kier molecular flexibility index (Phi) is 4.88. The van der Waals surface area contributed by atoms with Crippen LogP contribution >= 0.6 is 0 Å². The molecule has 1 rings (SSSR count). The number of carbonyl (C=O) groups is 1. The summed E-state index contributed by atoms with van der Waals surface area (Å²) >= 11 is 0. The van der Waals surface area contributed by atoms with E-state index < -0.39 is 5.97 Å². The molecule has 0 bridgehead atoms. The molecule has 0 fully saturated rings. The zero-order chi connectivity index (χ0) is 12.0. The molecule has 0 aliphatic heterocycles. The van der Waals surface area contributed by atoms with Gasteiger partial charge in [-0.1, -0.05) is 0 Å². The number of nitrogens with zero attached hydrogens (tertiary/aromatic N) is 1. The molecule has 0 aliphatic rings. The Morgan fingerprint density at radius 1 is 1.62 bits per heavy atom. The summed E-state index contributed by atoms with van der Waals surface area (Å²) in [4.78, 5) is 15.2. The van der Waals surface area contributed by atoms with Crippen molar-refractivity contribution in [2.24, 2.45) is 0 Å². The van der Waals surface area contributed by atoms with Crippen LogP contribution in [0.3, 0.4) is 0 Å². The minimum atomic E-state index is -0.393. The van der Waals surface area contributed by atoms with Crippen molar-refractivity contribution in [3.63, 3.8) is 0 Å². The van der Waals surface area contributed by atoms with Crippen LogP contribution in [0.4, 0.5) is 0 Å². The molecule has 1 aromatic rings. The largest absolute Gasteiger partial charge is 0.465 e. The molecular formula is C11H16N2O3. The number of pyridine rings is 1. The highest BCUT2D eigenvalue weighted by Crippen LogP contribution is 2.02. The van der Waals surface area contributed by atoms with Gasteiger partial charge in [-0.25, -0.2) is 4.79 Å². The highest BCUT2D eigenvalue weighted by molar-refractivity contribution is 5.88. The van der Waals surface area contributed by atoms with E-state index in [0.717, 1.165) is 5.69 Å². The molecule has 1 atom stereocenters. The lowest BCUT2D eigenvalue weighted by atomic mass is 10.2. The van der Waals surface area contributed by atoms with Crippen molar-refractivity contribution in [3.05, 3.63) is 29.6 Å². The third kappa shape index (κ3) is 3.60. The van der Waals surface area contributed by atoms with Crippen molar-refractivity contribution in [3.8, 4) is 0 Å². The molecule has 5 heteroatoms. The van der Waals surface area contributed by atoms with E-state index in [2.05, 4.69) is 15.0 Å². The third-order valence-electron chi connectivity index (χ3n) is 2.15. The summed E-state index contributed by atoms with van der Waals surface area (Å²) in [6, 6.07) is 3.45. The van der Waals surface area contributed by atoms with Gasteiger partial charge in [0, 0.05) is 18.8 Å². The Morgan fingerprint density at radius 2 is 2.38 bits per heavy atom. The molecule has 0 aliphatic carbocycles. The SMILES string of the molecule is COC(=O)c1ccc(CNC(C)CO)nc1. The maximum Gasteiger partial charge on any atom is 0.339 e. The van der Waals surface area contributed by atoms with E-state index in [-0.39, 0.29) is 12.6 Å². The number of esters is 1. The second-order valence-corrected chi connectivity index (χ2v) is 3.49. The maximum atomic E-state index is 11.1. The van der Waals surface area contributed by atoms with Crippen LogP contribution in [0.5, 0.6) is 0 Å². The van der Waals surface area contributed by atoms with E-state index in [0.29, 0.717) is 12.1 Å². The van der Waals surface area contributed by atoms with Crippen molar-refractivity contribution in [2.75, 3.05) is 13.7 Å². The summed E-state index contributed by atoms with van der Waals surface area (Å²) in [5, 5.41) is 11.9. The number of ether oxygens (including phenoxy) is 1. The number of aromatic nitrogens is 1. The van der Waals surface area contributed by atoms with Gasteiger partial charge in [-0.05, 0) is 19.1 Å². The molecule has 1 heterocycles. The Morgan fingerprint density at radius 3 is 2.88 bits per heavy atom. The van der Waals surface area contributed by atoms with Gasteiger partial charge in [-0.2, -0.15) is 0 Å². The molecule has 0 saturated heterocycles. The van der Waals surface area contributed by atoms with E-state index in [1.807, 2.05) is 6.92 Å². The summed E-state index contributed by atoms with van der Waals surface area (Å²) < 4.78 is 4.56. The van der Waals surface area contributed by atoms with Crippen LogP contribution < -0.4 is 5.32 Å². The van der Waals surface area contributed by atoms with E-state index in [1.165, 1.54) is 13.3 Å². The first-order valence-electron chi connectivity index (χ1n) is 5.05. The van der Waals surface area contributed by atoms with Gasteiger partial charge in [-0.3, -0.25) is 4.98 Å². The average Bonchev–Trinajstić information content (AvgIpc) is 2.35. The fourth-order valence-electron chi connectivity index (χ4n) is 1.11. The smallest absolute Gasteiger partial charge is 0.339 e. The number of methoxy groups -OCH3 is 1. The van der Waals surface area contributed by atoms with E-state index >= 15 is 0 Å². The Bertz CT molecular complexity index is 338. The summed E-state index contributed by atoms with van der Waals surface area (Å²) in [5.41, 5.74) is 1.24. The van der Waals surface area contributed by atoms with Crippen LogP contribution in [0.1, 0.15) is 23.0 Å². The minimum Gasteiger partial charge on any atom is -0.465 e. The third-order valence-corrected chi connectivity index (χ3v) is 2.15. The lowest BCUT2D eigenvalue weighted by Gasteiger charge is -2.09. The van der Waals surface area contributed by atoms with E-state index in [1.54, 1.807) is 12.1 Å². The first kappa shape index (κ1) is 12.6. The number of carbonyl (C=O) groups excluding carboxylic acids is 1. The van der Waals surface area contributed by atoms with Gasteiger partial charge in [0.2, 0.25) is 0 Å². The molecular weight excluding hydrogens is 208 g/mol. The van der Waals surface area contributed by atoms with Gasteiger partial charge in [0.25, 0.3) is 0 Å². The Labute approximate surface area is 94.5 Å². The Balaban J connectivity index is 2.54. The number of rotatable bonds is 5. The van der Waals surface area contributed by atoms with Crippen molar-refractivity contribution in [1.29, 1.82) is 0 Å². The lowest BCUT2D eigenvalue weighted by Crippen LogP contribution is -2.28. The average molecular weight is 224 g/mol. The second kappa shape index (κ2) is 6.19. The first-order chi connectivity index (χ1) is 7.67. The number of aliphatic hydroxyl groups is 1. The van der Waals surface area contributed by atoms with Crippen LogP contribution in [-0.4, -0.2) is 35.8 Å². The van der Waals surface area contributed by atoms with Crippen molar-refractivity contribution in [1.82, 2.24) is 10.3 Å². The summed E-state index contributed by atoms with van der Waals surface area (Å²) in [6.45, 7) is 2.52. The van der Waals surface area contributed by atoms with Gasteiger partial charge in [0.1, 0.15) is 0 Å². The number of aliphatic hydroxyl groups excluding tert-OH is 1. The van der Waals surface area contributed by atoms with Crippen LogP contribution in [0, 0.1) is 0 Å². The molecule has 0 radical (unpaired) electrons. The number of hydrogen-bond donors (Lipinski definition) is 2. The second-order valence-electron chi connectivity index (χ2n) is 3.49. The molecule has 1 aromatic heterocycles. The zero-order valence-electron chi connectivity index (χ0n) is 9.43. The summed E-state index contributed by atoms with van der Waals surface area (Å²) in [5.74, 6) is -0.393. The van der Waals surface area contributed by atoms with Gasteiger partial charge in [-0.15, -0.1) is 0 Å². The van der Waals surface area contributed by atoms with Crippen LogP contribution in [-0.2, 0) is 11.3 Å². The summed E-state index contributed by atoms with van der Waals surface area (Å²) in [6.07, 6.45) is 1.48. The van der Waals surface area contributed by atoms with Crippen molar-refractivity contribution in [2.45, 2.75) is 19.5 Å². The predicted molar refractivity (Wildman–Crippen MR) is 59.0 cm³/mol. The highest BCUT2D eigenvalue weighted by atomic mass is 16.5. The molecule has 2 N–H and O–H groups in total. The topological polar surface area (TPSA) is 71.5 Å². The minimum absolute atomic E-state index is 0.0297. The van der Waals surface area contributed by atoms with Crippen LogP contribution in [0.15, 0.2) is 18.3 Å². The molecule has 0 saturated carbocycles. The lowest BCUT2D eigenvalue weighted by molar-refractivity contribution is 0.0600. The number of nitrogens with one attached hydrogen (secondary N) is 1. The predicted octanol–water partition coefficient (Wildman–Crippen LogP) is 0.339. The number of hydrogen-bond acceptors (Lipinski definition) is 5. The van der Waals surface area contributed by atoms with Crippen molar-refractivity contribution < 1.29 is 14.6 Å². The first-order valence-corrected chi connectivity index (χ1v) is 5.05. The van der Waals surface area contributed by atoms with E-state index in [9.17, 15) is 4.79 Å². The molecule has 5 nitrogen and oxygen atoms in total. The quantitative estimate of drug-likeness (QED) is 0.706. The van der Waals surface area contributed by atoms with E-state index in [4.69, 9.17) is 5.11 Å². The van der Waals surface area contributed by atoms with Gasteiger partial charge >= 0.3 is 5.97 Å². The zero-order valence-corrected chi connectivity index (χ0v) is 9.43. The highest BCUT2D eigenvalue weighted by Gasteiger charge is 2.05. The Hall–Kier alpha value is -1.46. The van der Waals surface area contributed by atoms with Gasteiger partial charge < -0.3 is 15.2 Å². The fourth-order valence-corrected chi connectivity index (χ4v) is 1.11. The molecule has 88 valence electrons. The standard InChI is InChI=1S/C11H16N2O3/c1-8(7-14)12-6-10-4-3-9(5-13-10)11(15)16-2/h3-5,8,12,14H,6-7H2,1-2H3. The van der Waals surface area contributed by atoms with Crippen LogP contribution in [0.25, 0.3) is 0 Å². The molecule has 0 spiro atoms. The molecule has 1 unspecified atom stereocenters. The summed E-state index contributed by atoms with van der Waals surface area (Å²) in [7, 11) is 1.33. The molecule has 0 amide bonds. The van der Waals surface area contributed by atoms with Crippen LogP contribution in [0.2, 0.25) is 0 Å². The monoisotopic (exact) mass is 224 g/mol. The normalized spacial score (nSPS) is 12.2. The van der Waals surface area contributed by atoms with Gasteiger partial charge in [0.15, 0.2) is 0 Å². The fraction of sp³-hybridized carbons (Fsp3) is 0.455. The molecule has 0 aromatic carbocycles. The van der Waals surface area contributed by atoms with Gasteiger partial charge in [0.05, 0.1) is 25.0 Å². The molecule has 16 heavy (non-hydrogen) atoms.